The maximum Gasteiger partial charge on any atom is 0.0624 e. The number of anilines is 1. The summed E-state index contributed by atoms with van der Waals surface area (Å²) < 4.78 is 1.12. The normalized spacial score (nSPS) is 22.6. The number of hydrogen-bond acceptors (Lipinski definition) is 2. The standard InChI is InChI=1S/C15H19BrN2/c1-15(2)11-12(6-8-17)7-9-18(15)14-5-3-4-13(16)10-14/h3-5,10,12H,6-7,9,11H2,1-2H3. The second-order valence-electron chi connectivity index (χ2n) is 5.67. The zero-order chi connectivity index (χ0) is 13.2. The third-order valence-electron chi connectivity index (χ3n) is 3.78. The highest BCUT2D eigenvalue weighted by Gasteiger charge is 2.34. The molecule has 0 amide bonds. The molecule has 0 aromatic heterocycles. The van der Waals surface area contributed by atoms with Gasteiger partial charge in [-0.15, -0.1) is 0 Å². The summed E-state index contributed by atoms with van der Waals surface area (Å²) in [5, 5.41) is 8.84. The predicted octanol–water partition coefficient (Wildman–Crippen LogP) is 4.36. The van der Waals surface area contributed by atoms with Crippen molar-refractivity contribution in [3.63, 3.8) is 0 Å². The molecule has 0 radical (unpaired) electrons. The highest BCUT2D eigenvalue weighted by atomic mass is 79.9. The second-order valence-corrected chi connectivity index (χ2v) is 6.58. The molecule has 3 heteroatoms. The Kier molecular flexibility index (Phi) is 3.97. The van der Waals surface area contributed by atoms with Crippen LogP contribution in [0.3, 0.4) is 0 Å². The number of rotatable bonds is 2. The van der Waals surface area contributed by atoms with Crippen LogP contribution >= 0.6 is 15.9 Å². The van der Waals surface area contributed by atoms with Gasteiger partial charge in [-0.1, -0.05) is 22.0 Å². The van der Waals surface area contributed by atoms with E-state index in [1.54, 1.807) is 0 Å². The summed E-state index contributed by atoms with van der Waals surface area (Å²) in [6, 6.07) is 10.8. The average molecular weight is 307 g/mol. The molecule has 1 aromatic rings. The first-order chi connectivity index (χ1) is 8.53. The van der Waals surface area contributed by atoms with Crippen molar-refractivity contribution < 1.29 is 0 Å². The summed E-state index contributed by atoms with van der Waals surface area (Å²) >= 11 is 3.53. The summed E-state index contributed by atoms with van der Waals surface area (Å²) in [4.78, 5) is 2.46. The van der Waals surface area contributed by atoms with E-state index in [2.05, 4.69) is 65.0 Å². The fraction of sp³-hybridized carbons (Fsp3) is 0.533. The molecule has 0 spiro atoms. The first-order valence-corrected chi connectivity index (χ1v) is 7.22. The van der Waals surface area contributed by atoms with Gasteiger partial charge in [-0.2, -0.15) is 5.26 Å². The maximum absolute atomic E-state index is 8.84. The predicted molar refractivity (Wildman–Crippen MR) is 78.5 cm³/mol. The third-order valence-corrected chi connectivity index (χ3v) is 4.27. The van der Waals surface area contributed by atoms with Crippen molar-refractivity contribution in [2.45, 2.75) is 38.6 Å². The third kappa shape index (κ3) is 2.87. The van der Waals surface area contributed by atoms with Crippen LogP contribution in [0.5, 0.6) is 0 Å². The first kappa shape index (κ1) is 13.4. The Morgan fingerprint density at radius 3 is 2.89 bits per heavy atom. The summed E-state index contributed by atoms with van der Waals surface area (Å²) in [5.41, 5.74) is 1.39. The number of nitrogens with zero attached hydrogens (tertiary/aromatic N) is 2. The van der Waals surface area contributed by atoms with E-state index in [1.807, 2.05) is 0 Å². The molecule has 1 aliphatic rings. The molecule has 2 rings (SSSR count). The number of piperidine rings is 1. The van der Waals surface area contributed by atoms with Gasteiger partial charge in [0.25, 0.3) is 0 Å². The monoisotopic (exact) mass is 306 g/mol. The lowest BCUT2D eigenvalue weighted by Gasteiger charge is -2.47. The molecule has 0 saturated carbocycles. The van der Waals surface area contributed by atoms with Gasteiger partial charge in [0, 0.05) is 28.7 Å². The van der Waals surface area contributed by atoms with Crippen LogP contribution in [0.4, 0.5) is 5.69 Å². The van der Waals surface area contributed by atoms with E-state index < -0.39 is 0 Å². The van der Waals surface area contributed by atoms with E-state index in [4.69, 9.17) is 5.26 Å². The van der Waals surface area contributed by atoms with E-state index in [0.29, 0.717) is 12.3 Å². The molecule has 1 saturated heterocycles. The number of nitriles is 1. The van der Waals surface area contributed by atoms with Crippen LogP contribution in [0.1, 0.15) is 33.1 Å². The smallest absolute Gasteiger partial charge is 0.0624 e. The lowest BCUT2D eigenvalue weighted by atomic mass is 9.81. The molecule has 1 fully saturated rings. The molecule has 2 nitrogen and oxygen atoms in total. The van der Waals surface area contributed by atoms with Crippen molar-refractivity contribution in [2.24, 2.45) is 5.92 Å². The molecule has 0 aliphatic carbocycles. The van der Waals surface area contributed by atoms with Crippen LogP contribution in [0.2, 0.25) is 0 Å². The highest BCUT2D eigenvalue weighted by molar-refractivity contribution is 9.10. The Morgan fingerprint density at radius 1 is 1.50 bits per heavy atom. The van der Waals surface area contributed by atoms with Gasteiger partial charge in [-0.05, 0) is 50.8 Å². The minimum absolute atomic E-state index is 0.126. The van der Waals surface area contributed by atoms with Gasteiger partial charge >= 0.3 is 0 Å². The molecule has 1 aliphatic heterocycles. The number of halogens is 1. The SMILES string of the molecule is CC1(C)CC(CC#N)CCN1c1cccc(Br)c1. The Bertz CT molecular complexity index is 462. The van der Waals surface area contributed by atoms with E-state index in [1.165, 1.54) is 5.69 Å². The van der Waals surface area contributed by atoms with E-state index >= 15 is 0 Å². The first-order valence-electron chi connectivity index (χ1n) is 6.43. The maximum atomic E-state index is 8.84. The van der Waals surface area contributed by atoms with E-state index in [-0.39, 0.29) is 5.54 Å². The highest BCUT2D eigenvalue weighted by Crippen LogP contribution is 2.37. The Morgan fingerprint density at radius 2 is 2.28 bits per heavy atom. The van der Waals surface area contributed by atoms with Crippen molar-refractivity contribution >= 4 is 21.6 Å². The molecule has 1 heterocycles. The lowest BCUT2D eigenvalue weighted by Crippen LogP contribution is -2.50. The zero-order valence-electron chi connectivity index (χ0n) is 11.0. The average Bonchev–Trinajstić information content (AvgIpc) is 2.28. The van der Waals surface area contributed by atoms with Gasteiger partial charge in [0.05, 0.1) is 6.07 Å². The summed E-state index contributed by atoms with van der Waals surface area (Å²) in [5.74, 6) is 0.549. The van der Waals surface area contributed by atoms with Gasteiger partial charge in [-0.3, -0.25) is 0 Å². The molecule has 1 aromatic carbocycles. The molecular formula is C15H19BrN2. The lowest BCUT2D eigenvalue weighted by molar-refractivity contribution is 0.277. The Labute approximate surface area is 118 Å². The number of benzene rings is 1. The number of hydrogen-bond donors (Lipinski definition) is 0. The van der Waals surface area contributed by atoms with Gasteiger partial charge in [0.2, 0.25) is 0 Å². The minimum Gasteiger partial charge on any atom is -0.366 e. The largest absolute Gasteiger partial charge is 0.366 e. The van der Waals surface area contributed by atoms with Crippen LogP contribution in [-0.4, -0.2) is 12.1 Å². The fourth-order valence-electron chi connectivity index (χ4n) is 2.96. The van der Waals surface area contributed by atoms with Crippen LogP contribution in [0.25, 0.3) is 0 Å². The van der Waals surface area contributed by atoms with Crippen molar-refractivity contribution in [3.05, 3.63) is 28.7 Å². The van der Waals surface area contributed by atoms with Crippen LogP contribution in [-0.2, 0) is 0 Å². The molecule has 96 valence electrons. The topological polar surface area (TPSA) is 27.0 Å². The van der Waals surface area contributed by atoms with E-state index in [9.17, 15) is 0 Å². The van der Waals surface area contributed by atoms with Crippen LogP contribution in [0, 0.1) is 17.2 Å². The zero-order valence-corrected chi connectivity index (χ0v) is 12.6. The Hall–Kier alpha value is -1.01. The fourth-order valence-corrected chi connectivity index (χ4v) is 3.35. The molecule has 18 heavy (non-hydrogen) atoms. The van der Waals surface area contributed by atoms with Crippen molar-refractivity contribution in [3.8, 4) is 6.07 Å². The van der Waals surface area contributed by atoms with Crippen LogP contribution < -0.4 is 4.90 Å². The van der Waals surface area contributed by atoms with Gasteiger partial charge in [0.1, 0.15) is 0 Å². The molecule has 0 N–H and O–H groups in total. The van der Waals surface area contributed by atoms with Gasteiger partial charge in [0.15, 0.2) is 0 Å². The van der Waals surface area contributed by atoms with Crippen molar-refractivity contribution in [1.82, 2.24) is 0 Å². The second kappa shape index (κ2) is 5.32. The summed E-state index contributed by atoms with van der Waals surface area (Å²) in [6.45, 7) is 5.59. The van der Waals surface area contributed by atoms with Gasteiger partial charge in [-0.25, -0.2) is 0 Å². The molecule has 1 unspecified atom stereocenters. The molecular weight excluding hydrogens is 288 g/mol. The Balaban J connectivity index is 2.18. The van der Waals surface area contributed by atoms with Crippen molar-refractivity contribution in [2.75, 3.05) is 11.4 Å². The summed E-state index contributed by atoms with van der Waals surface area (Å²) in [6.07, 6.45) is 2.90. The minimum atomic E-state index is 0.126. The van der Waals surface area contributed by atoms with Crippen LogP contribution in [0.15, 0.2) is 28.7 Å². The van der Waals surface area contributed by atoms with E-state index in [0.717, 1.165) is 23.9 Å². The summed E-state index contributed by atoms with van der Waals surface area (Å²) in [7, 11) is 0. The van der Waals surface area contributed by atoms with Gasteiger partial charge < -0.3 is 4.90 Å². The molecule has 0 bridgehead atoms. The molecule has 1 atom stereocenters. The quantitative estimate of drug-likeness (QED) is 0.812. The van der Waals surface area contributed by atoms with Crippen molar-refractivity contribution in [1.29, 1.82) is 5.26 Å².